The molecule has 0 radical (unpaired) electrons. The Kier molecular flexibility index (Phi) is 6.83. The van der Waals surface area contributed by atoms with E-state index in [1.807, 2.05) is 0 Å². The lowest BCUT2D eigenvalue weighted by molar-refractivity contribution is -0.698. The Balaban J connectivity index is 1.51. The molecule has 10 N–H and O–H groups in total. The van der Waals surface area contributed by atoms with E-state index in [4.69, 9.17) is 22.9 Å². The Bertz CT molecular complexity index is 1340. The number of β-lactam (4-membered cyclic amide) rings is 1. The number of anilines is 4. The molecule has 0 saturated carbocycles. The summed E-state index contributed by atoms with van der Waals surface area (Å²) in [5.41, 5.74) is 22.9. The number of thiazole rings is 1. The van der Waals surface area contributed by atoms with E-state index < -0.39 is 34.9 Å². The van der Waals surface area contributed by atoms with Crippen LogP contribution in [0.3, 0.4) is 0 Å². The van der Waals surface area contributed by atoms with E-state index in [2.05, 4.69) is 20.4 Å². The molecule has 0 spiro atoms. The highest BCUT2D eigenvalue weighted by atomic mass is 32.2. The number of nitrogens with zero attached hydrogens (tertiary/aromatic N) is 5. The lowest BCUT2D eigenvalue weighted by Gasteiger charge is -2.50. The Hall–Kier alpha value is -3.77. The van der Waals surface area contributed by atoms with E-state index in [-0.39, 0.29) is 45.4 Å². The van der Waals surface area contributed by atoms with Gasteiger partial charge < -0.3 is 43.4 Å². The zero-order chi connectivity index (χ0) is 26.3. The molecule has 2 atom stereocenters. The third-order valence-electron chi connectivity index (χ3n) is 5.40. The van der Waals surface area contributed by atoms with Crippen LogP contribution in [0.1, 0.15) is 5.69 Å². The molecule has 2 aromatic heterocycles. The maximum Gasteiger partial charge on any atom is 0.301 e. The normalized spacial score (nSPS) is 19.6. The fraction of sp³-hybridized carbons (Fsp3) is 0.278. The number of amides is 2. The molecule has 36 heavy (non-hydrogen) atoms. The van der Waals surface area contributed by atoms with Crippen LogP contribution in [-0.4, -0.2) is 66.5 Å². The van der Waals surface area contributed by atoms with Crippen molar-refractivity contribution in [3.8, 4) is 0 Å². The van der Waals surface area contributed by atoms with Crippen LogP contribution in [0.15, 0.2) is 27.0 Å². The zero-order valence-corrected chi connectivity index (χ0v) is 20.9. The second-order valence-corrected chi connectivity index (χ2v) is 10.5. The van der Waals surface area contributed by atoms with E-state index in [1.165, 1.54) is 21.7 Å². The number of fused-ring (bicyclic) bond motifs is 1. The third-order valence-corrected chi connectivity index (χ3v) is 8.53. The van der Waals surface area contributed by atoms with Crippen LogP contribution in [0.25, 0.3) is 0 Å². The van der Waals surface area contributed by atoms with E-state index in [9.17, 15) is 24.7 Å². The molecule has 2 amide bonds. The monoisotopic (exact) mass is 552 g/mol. The van der Waals surface area contributed by atoms with Crippen LogP contribution in [0.2, 0.25) is 0 Å². The van der Waals surface area contributed by atoms with Crippen LogP contribution >= 0.6 is 34.9 Å². The standard InChI is InChI=1S/C18H20N10O5S3/c1-27-12(21)7(19)11(20)25-18(27)36-3-5-2-34-15-9(14(30)28(15)10(5)16(31)32)24-13(29)8(26-33)6-4-35-17(22)23-6/h4,9,15H,2-3H2,1H3,(H10,19,20,21,22,23,24,26,29,31,32,33). The minimum Gasteiger partial charge on any atom is -0.543 e. The minimum absolute atomic E-state index is 0.0396. The molecule has 0 aliphatic carbocycles. The highest BCUT2D eigenvalue weighted by Crippen LogP contribution is 2.41. The second-order valence-electron chi connectivity index (χ2n) is 7.55. The average molecular weight is 553 g/mol. The van der Waals surface area contributed by atoms with Crippen molar-refractivity contribution in [3.63, 3.8) is 0 Å². The van der Waals surface area contributed by atoms with Gasteiger partial charge in [0.25, 0.3) is 11.8 Å². The zero-order valence-electron chi connectivity index (χ0n) is 18.5. The number of hydrogen-bond acceptors (Lipinski definition) is 15. The number of carbonyl (C=O) groups is 3. The molecule has 15 nitrogen and oxygen atoms in total. The summed E-state index contributed by atoms with van der Waals surface area (Å²) in [5.74, 6) is -2.40. The summed E-state index contributed by atoms with van der Waals surface area (Å²) in [7, 11) is 1.64. The number of oxime groups is 1. The lowest BCUT2D eigenvalue weighted by Crippen LogP contribution is -2.71. The Labute approximate surface area is 215 Å². The SMILES string of the molecule is C[n+]1c(SCC2=C(C(=O)[O-])N3C(=O)C(NC(=O)/C(=N\O)c4csc(N)n4)C3SC2)nc(N)c(N)c1N. The summed E-state index contributed by atoms with van der Waals surface area (Å²) in [4.78, 5) is 46.6. The highest BCUT2D eigenvalue weighted by Gasteiger charge is 2.53. The molecular formula is C18H20N10O5S3. The molecule has 190 valence electrons. The van der Waals surface area contributed by atoms with Crippen molar-refractivity contribution in [2.45, 2.75) is 16.6 Å². The van der Waals surface area contributed by atoms with E-state index >= 15 is 0 Å². The van der Waals surface area contributed by atoms with Gasteiger partial charge in [0.1, 0.15) is 17.1 Å². The Morgan fingerprint density at radius 2 is 2.08 bits per heavy atom. The first-order valence-electron chi connectivity index (χ1n) is 10.0. The third kappa shape index (κ3) is 4.33. The number of hydrogen-bond donors (Lipinski definition) is 6. The van der Waals surface area contributed by atoms with Crippen LogP contribution in [0, 0.1) is 0 Å². The van der Waals surface area contributed by atoms with Gasteiger partial charge in [-0.25, -0.2) is 9.55 Å². The highest BCUT2D eigenvalue weighted by molar-refractivity contribution is 8.01. The molecule has 0 bridgehead atoms. The minimum atomic E-state index is -1.53. The van der Waals surface area contributed by atoms with Crippen molar-refractivity contribution in [1.82, 2.24) is 20.2 Å². The predicted molar refractivity (Wildman–Crippen MR) is 131 cm³/mol. The number of carboxylic acids is 1. The number of nitrogens with one attached hydrogen (secondary N) is 1. The van der Waals surface area contributed by atoms with Crippen molar-refractivity contribution in [2.75, 3.05) is 34.4 Å². The first kappa shape index (κ1) is 25.3. The van der Waals surface area contributed by atoms with E-state index in [1.54, 1.807) is 7.05 Å². The number of nitrogen functional groups attached to an aromatic ring is 4. The number of aromatic nitrogens is 3. The summed E-state index contributed by atoms with van der Waals surface area (Å²) < 4.78 is 1.52. The molecule has 0 aromatic carbocycles. The van der Waals surface area contributed by atoms with E-state index in [0.29, 0.717) is 10.7 Å². The number of thioether (sulfide) groups is 2. The lowest BCUT2D eigenvalue weighted by atomic mass is 10.0. The van der Waals surface area contributed by atoms with Gasteiger partial charge in [-0.05, 0) is 17.3 Å². The Morgan fingerprint density at radius 3 is 2.69 bits per heavy atom. The summed E-state index contributed by atoms with van der Waals surface area (Å²) >= 11 is 3.47. The summed E-state index contributed by atoms with van der Waals surface area (Å²) in [6.07, 6.45) is 0. The van der Waals surface area contributed by atoms with Gasteiger partial charge >= 0.3 is 5.16 Å². The van der Waals surface area contributed by atoms with Crippen molar-refractivity contribution < 1.29 is 29.3 Å². The molecule has 2 aromatic rings. The van der Waals surface area contributed by atoms with Gasteiger partial charge in [-0.15, -0.1) is 23.1 Å². The molecule has 1 saturated heterocycles. The van der Waals surface area contributed by atoms with Crippen LogP contribution in [0.5, 0.6) is 0 Å². The van der Waals surface area contributed by atoms with Crippen molar-refractivity contribution >= 4 is 80.8 Å². The van der Waals surface area contributed by atoms with Crippen LogP contribution < -0.4 is 37.9 Å². The molecule has 1 fully saturated rings. The van der Waals surface area contributed by atoms with Crippen molar-refractivity contribution in [2.24, 2.45) is 12.2 Å². The fourth-order valence-electron chi connectivity index (χ4n) is 3.54. The molecule has 2 unspecified atom stereocenters. The first-order chi connectivity index (χ1) is 17.0. The van der Waals surface area contributed by atoms with Gasteiger partial charge in [0, 0.05) is 16.9 Å². The van der Waals surface area contributed by atoms with Gasteiger partial charge in [0.05, 0.1) is 18.7 Å². The number of aliphatic carboxylic acids is 1. The molecular weight excluding hydrogens is 532 g/mol. The molecule has 18 heteroatoms. The number of nitrogens with two attached hydrogens (primary N) is 4. The number of carboxylic acid groups (broad SMARTS) is 1. The molecule has 4 rings (SSSR count). The van der Waals surface area contributed by atoms with Crippen LogP contribution in [0.4, 0.5) is 22.5 Å². The topological polar surface area (TPSA) is 256 Å². The number of rotatable bonds is 7. The second kappa shape index (κ2) is 9.70. The average Bonchev–Trinajstić information content (AvgIpc) is 3.27. The van der Waals surface area contributed by atoms with E-state index in [0.717, 1.165) is 28.0 Å². The van der Waals surface area contributed by atoms with Gasteiger partial charge in [0.15, 0.2) is 16.5 Å². The summed E-state index contributed by atoms with van der Waals surface area (Å²) in [5, 5.41) is 28.0. The van der Waals surface area contributed by atoms with Gasteiger partial charge in [-0.3, -0.25) is 14.5 Å². The quantitative estimate of drug-likeness (QED) is 0.0383. The molecule has 2 aliphatic heterocycles. The maximum absolute atomic E-state index is 12.9. The summed E-state index contributed by atoms with van der Waals surface area (Å²) in [6.45, 7) is 0. The van der Waals surface area contributed by atoms with Gasteiger partial charge in [0.2, 0.25) is 11.6 Å². The largest absolute Gasteiger partial charge is 0.543 e. The fourth-order valence-corrected chi connectivity index (χ4v) is 6.56. The smallest absolute Gasteiger partial charge is 0.301 e. The van der Waals surface area contributed by atoms with Crippen molar-refractivity contribution in [1.29, 1.82) is 0 Å². The predicted octanol–water partition coefficient (Wildman–Crippen LogP) is -2.93. The van der Waals surface area contributed by atoms with Crippen molar-refractivity contribution in [3.05, 3.63) is 22.3 Å². The van der Waals surface area contributed by atoms with Gasteiger partial charge in [-0.1, -0.05) is 10.1 Å². The Morgan fingerprint density at radius 1 is 1.36 bits per heavy atom. The molecule has 2 aliphatic rings. The van der Waals surface area contributed by atoms with Crippen LogP contribution in [-0.2, 0) is 21.4 Å². The number of carbonyl (C=O) groups excluding carboxylic acids is 3. The maximum atomic E-state index is 12.9. The summed E-state index contributed by atoms with van der Waals surface area (Å²) in [6, 6.07) is -1.05. The van der Waals surface area contributed by atoms with Gasteiger partial charge in [-0.2, -0.15) is 0 Å². The molecule has 4 heterocycles. The first-order valence-corrected chi connectivity index (χ1v) is 12.9.